The van der Waals surface area contributed by atoms with Gasteiger partial charge in [0, 0.05) is 0 Å². The van der Waals surface area contributed by atoms with Gasteiger partial charge in [-0.05, 0) is 25.6 Å². The quantitative estimate of drug-likeness (QED) is 0.879. The number of halogens is 2. The fourth-order valence-electron chi connectivity index (χ4n) is 0.979. The summed E-state index contributed by atoms with van der Waals surface area (Å²) in [6.45, 7) is 1.72. The Morgan fingerprint density at radius 2 is 1.86 bits per heavy atom. The van der Waals surface area contributed by atoms with Gasteiger partial charge in [0.25, 0.3) is 0 Å². The summed E-state index contributed by atoms with van der Waals surface area (Å²) >= 11 is 11.6. The minimum absolute atomic E-state index is 0.0664. The third-order valence-corrected chi connectivity index (χ3v) is 4.30. The summed E-state index contributed by atoms with van der Waals surface area (Å²) in [6.07, 6.45) is 0. The smallest absolute Gasteiger partial charge is 0.214 e. The number of hydrogen-bond donors (Lipinski definition) is 1. The fraction of sp³-hybridized carbons (Fsp3) is 0.250. The van der Waals surface area contributed by atoms with Crippen LogP contribution < -0.4 is 4.72 Å². The van der Waals surface area contributed by atoms with Crippen molar-refractivity contribution in [3.05, 3.63) is 27.7 Å². The first-order chi connectivity index (χ1) is 6.40. The van der Waals surface area contributed by atoms with E-state index >= 15 is 0 Å². The van der Waals surface area contributed by atoms with Gasteiger partial charge >= 0.3 is 0 Å². The van der Waals surface area contributed by atoms with E-state index in [4.69, 9.17) is 23.2 Å². The Labute approximate surface area is 93.1 Å². The van der Waals surface area contributed by atoms with Crippen molar-refractivity contribution in [3.8, 4) is 0 Å². The number of benzene rings is 1. The maximum absolute atomic E-state index is 11.5. The highest BCUT2D eigenvalue weighted by Crippen LogP contribution is 2.31. The maximum Gasteiger partial charge on any atom is 0.243 e. The van der Waals surface area contributed by atoms with Crippen LogP contribution in [0.4, 0.5) is 0 Å². The SMILES string of the molecule is CNS(=O)(=O)c1c(Cl)ccc(C)c1Cl. The molecule has 14 heavy (non-hydrogen) atoms. The van der Waals surface area contributed by atoms with Crippen molar-refractivity contribution in [1.29, 1.82) is 0 Å². The van der Waals surface area contributed by atoms with E-state index in [0.717, 1.165) is 0 Å². The Morgan fingerprint density at radius 1 is 1.29 bits per heavy atom. The first-order valence-electron chi connectivity index (χ1n) is 3.78. The number of sulfonamides is 1. The van der Waals surface area contributed by atoms with E-state index in [2.05, 4.69) is 4.72 Å². The van der Waals surface area contributed by atoms with E-state index in [1.54, 1.807) is 13.0 Å². The molecule has 0 bridgehead atoms. The van der Waals surface area contributed by atoms with Crippen molar-refractivity contribution in [2.75, 3.05) is 7.05 Å². The standard InChI is InChI=1S/C8H9Cl2NO2S/c1-5-3-4-6(9)8(7(5)10)14(12,13)11-2/h3-4,11H,1-2H3. The van der Waals surface area contributed by atoms with E-state index in [9.17, 15) is 8.42 Å². The minimum Gasteiger partial charge on any atom is -0.214 e. The molecule has 1 N–H and O–H groups in total. The minimum atomic E-state index is -3.60. The number of aryl methyl sites for hydroxylation is 1. The first-order valence-corrected chi connectivity index (χ1v) is 6.02. The highest BCUT2D eigenvalue weighted by atomic mass is 35.5. The second kappa shape index (κ2) is 4.06. The molecule has 78 valence electrons. The summed E-state index contributed by atoms with van der Waals surface area (Å²) in [6, 6.07) is 3.17. The lowest BCUT2D eigenvalue weighted by atomic mass is 10.2. The highest BCUT2D eigenvalue weighted by molar-refractivity contribution is 7.89. The van der Waals surface area contributed by atoms with Gasteiger partial charge in [0.1, 0.15) is 4.90 Å². The summed E-state index contributed by atoms with van der Waals surface area (Å²) in [7, 11) is -2.29. The van der Waals surface area contributed by atoms with Crippen LogP contribution in [0.5, 0.6) is 0 Å². The Kier molecular flexibility index (Phi) is 3.42. The summed E-state index contributed by atoms with van der Waals surface area (Å²) < 4.78 is 25.2. The van der Waals surface area contributed by atoms with Crippen molar-refractivity contribution in [1.82, 2.24) is 4.72 Å². The normalized spacial score (nSPS) is 11.7. The van der Waals surface area contributed by atoms with Gasteiger partial charge in [0.2, 0.25) is 10.0 Å². The summed E-state index contributed by atoms with van der Waals surface area (Å²) in [4.78, 5) is -0.0664. The Hall–Kier alpha value is -0.290. The molecule has 0 saturated carbocycles. The predicted molar refractivity (Wildman–Crippen MR) is 57.4 cm³/mol. The van der Waals surface area contributed by atoms with Crippen LogP contribution in [0.25, 0.3) is 0 Å². The Bertz CT molecular complexity index is 457. The highest BCUT2D eigenvalue weighted by Gasteiger charge is 2.20. The molecule has 0 aliphatic heterocycles. The van der Waals surface area contributed by atoms with Crippen molar-refractivity contribution in [2.45, 2.75) is 11.8 Å². The maximum atomic E-state index is 11.5. The third kappa shape index (κ3) is 2.03. The number of hydrogen-bond acceptors (Lipinski definition) is 2. The molecule has 0 fully saturated rings. The van der Waals surface area contributed by atoms with Crippen LogP contribution in [0.1, 0.15) is 5.56 Å². The molecule has 0 saturated heterocycles. The molecule has 1 rings (SSSR count). The van der Waals surface area contributed by atoms with Crippen LogP contribution in [0.3, 0.4) is 0 Å². The van der Waals surface area contributed by atoms with E-state index in [1.165, 1.54) is 13.1 Å². The number of rotatable bonds is 2. The Balaban J connectivity index is 3.56. The molecular weight excluding hydrogens is 245 g/mol. The fourth-order valence-corrected chi connectivity index (χ4v) is 2.89. The molecule has 0 unspecified atom stereocenters. The summed E-state index contributed by atoms with van der Waals surface area (Å²) in [5.41, 5.74) is 0.671. The molecule has 0 heterocycles. The van der Waals surface area contributed by atoms with E-state index < -0.39 is 10.0 Å². The molecule has 0 aliphatic carbocycles. The zero-order chi connectivity index (χ0) is 10.9. The third-order valence-electron chi connectivity index (χ3n) is 1.78. The van der Waals surface area contributed by atoms with Gasteiger partial charge in [-0.15, -0.1) is 0 Å². The molecular formula is C8H9Cl2NO2S. The topological polar surface area (TPSA) is 46.2 Å². The largest absolute Gasteiger partial charge is 0.243 e. The second-order valence-corrected chi connectivity index (χ2v) is 5.32. The molecule has 0 atom stereocenters. The lowest BCUT2D eigenvalue weighted by molar-refractivity contribution is 0.588. The molecule has 1 aromatic rings. The summed E-state index contributed by atoms with van der Waals surface area (Å²) in [5, 5.41) is 0.279. The van der Waals surface area contributed by atoms with Crippen LogP contribution in [-0.4, -0.2) is 15.5 Å². The van der Waals surface area contributed by atoms with Gasteiger partial charge in [-0.3, -0.25) is 0 Å². The molecule has 6 heteroatoms. The van der Waals surface area contributed by atoms with Gasteiger partial charge < -0.3 is 0 Å². The van der Waals surface area contributed by atoms with Gasteiger partial charge in [-0.2, -0.15) is 0 Å². The zero-order valence-corrected chi connectivity index (χ0v) is 9.96. The second-order valence-electron chi connectivity index (χ2n) is 2.71. The molecule has 0 radical (unpaired) electrons. The number of nitrogens with one attached hydrogen (secondary N) is 1. The van der Waals surface area contributed by atoms with Crippen LogP contribution in [0.2, 0.25) is 10.0 Å². The van der Waals surface area contributed by atoms with Gasteiger partial charge in [-0.1, -0.05) is 29.3 Å². The molecule has 0 spiro atoms. The molecule has 3 nitrogen and oxygen atoms in total. The van der Waals surface area contributed by atoms with Crippen molar-refractivity contribution in [2.24, 2.45) is 0 Å². The lowest BCUT2D eigenvalue weighted by Gasteiger charge is -2.08. The van der Waals surface area contributed by atoms with E-state index in [0.29, 0.717) is 5.56 Å². The van der Waals surface area contributed by atoms with Crippen LogP contribution in [-0.2, 0) is 10.0 Å². The monoisotopic (exact) mass is 253 g/mol. The zero-order valence-electron chi connectivity index (χ0n) is 7.64. The molecule has 0 aromatic heterocycles. The predicted octanol–water partition coefficient (Wildman–Crippen LogP) is 2.21. The average molecular weight is 254 g/mol. The molecule has 1 aromatic carbocycles. The molecule has 0 aliphatic rings. The van der Waals surface area contributed by atoms with Crippen LogP contribution in [0, 0.1) is 6.92 Å². The van der Waals surface area contributed by atoms with Gasteiger partial charge in [0.05, 0.1) is 10.0 Å². The van der Waals surface area contributed by atoms with Crippen LogP contribution >= 0.6 is 23.2 Å². The van der Waals surface area contributed by atoms with Crippen LogP contribution in [0.15, 0.2) is 17.0 Å². The van der Waals surface area contributed by atoms with Gasteiger partial charge in [0.15, 0.2) is 0 Å². The van der Waals surface area contributed by atoms with E-state index in [-0.39, 0.29) is 14.9 Å². The van der Waals surface area contributed by atoms with Gasteiger partial charge in [-0.25, -0.2) is 13.1 Å². The molecule has 0 amide bonds. The van der Waals surface area contributed by atoms with Crippen molar-refractivity contribution in [3.63, 3.8) is 0 Å². The average Bonchev–Trinajstić information content (AvgIpc) is 2.12. The Morgan fingerprint density at radius 3 is 2.36 bits per heavy atom. The summed E-state index contributed by atoms with van der Waals surface area (Å²) in [5.74, 6) is 0. The van der Waals surface area contributed by atoms with Crippen molar-refractivity contribution >= 4 is 33.2 Å². The lowest BCUT2D eigenvalue weighted by Crippen LogP contribution is -2.19. The first kappa shape index (κ1) is 11.8. The van der Waals surface area contributed by atoms with E-state index in [1.807, 2.05) is 0 Å². The van der Waals surface area contributed by atoms with Crippen molar-refractivity contribution < 1.29 is 8.42 Å².